The van der Waals surface area contributed by atoms with E-state index in [2.05, 4.69) is 0 Å². The molecule has 3 nitrogen and oxygen atoms in total. The number of rotatable bonds is 2. The zero-order valence-corrected chi connectivity index (χ0v) is 11.8. The summed E-state index contributed by atoms with van der Waals surface area (Å²) in [7, 11) is 0. The van der Waals surface area contributed by atoms with Crippen molar-refractivity contribution in [2.24, 2.45) is 0 Å². The van der Waals surface area contributed by atoms with E-state index in [4.69, 9.17) is 22.1 Å². The van der Waals surface area contributed by atoms with Gasteiger partial charge in [0.25, 0.3) is 0 Å². The van der Waals surface area contributed by atoms with Gasteiger partial charge in [-0.2, -0.15) is 0 Å². The third-order valence-electron chi connectivity index (χ3n) is 3.43. The number of fused-ring (bicyclic) bond motifs is 1. The monoisotopic (exact) mass is 287 g/mol. The molecule has 1 aliphatic heterocycles. The number of carbonyl (C=O) groups is 1. The van der Waals surface area contributed by atoms with Crippen LogP contribution in [0.1, 0.15) is 28.4 Å². The molecule has 0 bridgehead atoms. The Bertz CT molecular complexity index is 677. The van der Waals surface area contributed by atoms with E-state index in [9.17, 15) is 4.79 Å². The zero-order valence-electron chi connectivity index (χ0n) is 11.0. The molecule has 1 atom stereocenters. The van der Waals surface area contributed by atoms with Crippen molar-refractivity contribution in [2.75, 3.05) is 5.73 Å². The molecule has 1 unspecified atom stereocenters. The average Bonchev–Trinajstić information content (AvgIpc) is 2.77. The Hall–Kier alpha value is -2.00. The number of halogens is 1. The summed E-state index contributed by atoms with van der Waals surface area (Å²) in [5.74, 6) is 0.691. The molecule has 2 aromatic rings. The Labute approximate surface area is 122 Å². The lowest BCUT2D eigenvalue weighted by molar-refractivity contribution is 0.103. The molecule has 20 heavy (non-hydrogen) atoms. The number of benzene rings is 2. The van der Waals surface area contributed by atoms with Gasteiger partial charge in [0.15, 0.2) is 5.78 Å². The summed E-state index contributed by atoms with van der Waals surface area (Å²) < 4.78 is 5.63. The fourth-order valence-corrected chi connectivity index (χ4v) is 2.76. The van der Waals surface area contributed by atoms with Crippen molar-refractivity contribution >= 4 is 23.1 Å². The molecule has 0 aliphatic carbocycles. The van der Waals surface area contributed by atoms with Crippen molar-refractivity contribution in [1.82, 2.24) is 0 Å². The van der Waals surface area contributed by atoms with E-state index in [0.717, 1.165) is 17.7 Å². The number of nitrogen functional groups attached to an aromatic ring is 1. The predicted octanol–water partition coefficient (Wildman–Crippen LogP) is 3.48. The van der Waals surface area contributed by atoms with Crippen molar-refractivity contribution in [1.29, 1.82) is 0 Å². The first kappa shape index (κ1) is 13.0. The Kier molecular flexibility index (Phi) is 3.14. The lowest BCUT2D eigenvalue weighted by Gasteiger charge is -2.08. The molecule has 4 heteroatoms. The van der Waals surface area contributed by atoms with Crippen LogP contribution in [0.4, 0.5) is 5.69 Å². The summed E-state index contributed by atoms with van der Waals surface area (Å²) in [6, 6.07) is 10.5. The summed E-state index contributed by atoms with van der Waals surface area (Å²) in [5, 5.41) is 0.375. The molecule has 102 valence electrons. The number of ketones is 1. The van der Waals surface area contributed by atoms with Crippen molar-refractivity contribution in [3.63, 3.8) is 0 Å². The molecule has 0 spiro atoms. The lowest BCUT2D eigenvalue weighted by Crippen LogP contribution is -2.06. The molecule has 0 amide bonds. The highest BCUT2D eigenvalue weighted by Crippen LogP contribution is 2.31. The van der Waals surface area contributed by atoms with Crippen LogP contribution in [0.25, 0.3) is 0 Å². The quantitative estimate of drug-likeness (QED) is 0.679. The fraction of sp³-hybridized carbons (Fsp3) is 0.188. The van der Waals surface area contributed by atoms with Gasteiger partial charge in [0.2, 0.25) is 0 Å². The average molecular weight is 288 g/mol. The van der Waals surface area contributed by atoms with Gasteiger partial charge >= 0.3 is 0 Å². The second-order valence-corrected chi connectivity index (χ2v) is 5.40. The van der Waals surface area contributed by atoms with E-state index >= 15 is 0 Å². The topological polar surface area (TPSA) is 52.3 Å². The van der Waals surface area contributed by atoms with Crippen LogP contribution in [-0.4, -0.2) is 11.9 Å². The van der Waals surface area contributed by atoms with Crippen LogP contribution in [0.15, 0.2) is 36.4 Å². The molecule has 0 radical (unpaired) electrons. The van der Waals surface area contributed by atoms with Gasteiger partial charge in [-0.1, -0.05) is 17.7 Å². The van der Waals surface area contributed by atoms with E-state index in [0.29, 0.717) is 21.8 Å². The van der Waals surface area contributed by atoms with Crippen LogP contribution in [0.2, 0.25) is 5.02 Å². The van der Waals surface area contributed by atoms with E-state index in [1.165, 1.54) is 0 Å². The molecule has 2 aromatic carbocycles. The third kappa shape index (κ3) is 2.14. The third-order valence-corrected chi connectivity index (χ3v) is 3.75. The molecule has 1 heterocycles. The normalized spacial score (nSPS) is 16.6. The highest BCUT2D eigenvalue weighted by Gasteiger charge is 2.22. The van der Waals surface area contributed by atoms with Crippen LogP contribution in [0.5, 0.6) is 5.75 Å². The summed E-state index contributed by atoms with van der Waals surface area (Å²) in [5.41, 5.74) is 8.26. The molecule has 0 fully saturated rings. The first-order chi connectivity index (χ1) is 9.56. The molecule has 1 aliphatic rings. The van der Waals surface area contributed by atoms with Crippen molar-refractivity contribution in [3.05, 3.63) is 58.1 Å². The largest absolute Gasteiger partial charge is 0.490 e. The van der Waals surface area contributed by atoms with E-state index in [1.54, 1.807) is 24.3 Å². The maximum atomic E-state index is 12.6. The van der Waals surface area contributed by atoms with Gasteiger partial charge in [0.1, 0.15) is 11.9 Å². The van der Waals surface area contributed by atoms with E-state index < -0.39 is 0 Å². The molecule has 0 saturated heterocycles. The van der Waals surface area contributed by atoms with Gasteiger partial charge in [-0.15, -0.1) is 0 Å². The number of anilines is 1. The number of hydrogen-bond acceptors (Lipinski definition) is 3. The number of hydrogen-bond donors (Lipinski definition) is 1. The number of carbonyl (C=O) groups excluding carboxylic acids is 1. The maximum absolute atomic E-state index is 12.6. The standard InChI is InChI=1S/C16H14ClNO2/c1-9-7-11-8-10(5-6-14(11)20-9)16(19)15-12(17)3-2-4-13(15)18/h2-6,8-9H,7,18H2,1H3. The molecule has 3 rings (SSSR count). The summed E-state index contributed by atoms with van der Waals surface area (Å²) in [6.45, 7) is 2.01. The van der Waals surface area contributed by atoms with Crippen LogP contribution < -0.4 is 10.5 Å². The maximum Gasteiger partial charge on any atom is 0.196 e. The van der Waals surface area contributed by atoms with Crippen LogP contribution >= 0.6 is 11.6 Å². The van der Waals surface area contributed by atoms with E-state index in [1.807, 2.05) is 19.1 Å². The van der Waals surface area contributed by atoms with E-state index in [-0.39, 0.29) is 11.9 Å². The summed E-state index contributed by atoms with van der Waals surface area (Å²) in [6.07, 6.45) is 0.967. The Morgan fingerprint density at radius 1 is 1.35 bits per heavy atom. The lowest BCUT2D eigenvalue weighted by atomic mass is 9.99. The molecule has 2 N–H and O–H groups in total. The zero-order chi connectivity index (χ0) is 14.3. The first-order valence-electron chi connectivity index (χ1n) is 6.44. The summed E-state index contributed by atoms with van der Waals surface area (Å²) >= 11 is 6.09. The minimum atomic E-state index is -0.157. The predicted molar refractivity (Wildman–Crippen MR) is 79.5 cm³/mol. The number of nitrogens with two attached hydrogens (primary N) is 1. The summed E-state index contributed by atoms with van der Waals surface area (Å²) in [4.78, 5) is 12.6. The van der Waals surface area contributed by atoms with Crippen molar-refractivity contribution < 1.29 is 9.53 Å². The smallest absolute Gasteiger partial charge is 0.196 e. The van der Waals surface area contributed by atoms with Gasteiger partial charge in [0.05, 0.1) is 10.6 Å². The minimum absolute atomic E-state index is 0.153. The number of ether oxygens (including phenoxy) is 1. The van der Waals surface area contributed by atoms with Crippen molar-refractivity contribution in [3.8, 4) is 5.75 Å². The Balaban J connectivity index is 2.02. The highest BCUT2D eigenvalue weighted by atomic mass is 35.5. The molecule has 0 aromatic heterocycles. The second-order valence-electron chi connectivity index (χ2n) is 4.99. The van der Waals surface area contributed by atoms with Crippen LogP contribution in [-0.2, 0) is 6.42 Å². The SMILES string of the molecule is CC1Cc2cc(C(=O)c3c(N)cccc3Cl)ccc2O1. The van der Waals surface area contributed by atoms with Gasteiger partial charge in [-0.3, -0.25) is 4.79 Å². The van der Waals surface area contributed by atoms with Gasteiger partial charge in [-0.05, 0) is 42.8 Å². The Morgan fingerprint density at radius 2 is 2.15 bits per heavy atom. The molecule has 0 saturated carbocycles. The fourth-order valence-electron chi connectivity index (χ4n) is 2.49. The Morgan fingerprint density at radius 3 is 2.90 bits per heavy atom. The highest BCUT2D eigenvalue weighted by molar-refractivity contribution is 6.35. The molecular weight excluding hydrogens is 274 g/mol. The van der Waals surface area contributed by atoms with Crippen LogP contribution in [0.3, 0.4) is 0 Å². The second kappa shape index (κ2) is 4.84. The molecular formula is C16H14ClNO2. The van der Waals surface area contributed by atoms with Gasteiger partial charge < -0.3 is 10.5 Å². The van der Waals surface area contributed by atoms with Gasteiger partial charge in [-0.25, -0.2) is 0 Å². The minimum Gasteiger partial charge on any atom is -0.490 e. The van der Waals surface area contributed by atoms with Crippen LogP contribution in [0, 0.1) is 0 Å². The van der Waals surface area contributed by atoms with Crippen molar-refractivity contribution in [2.45, 2.75) is 19.4 Å². The first-order valence-corrected chi connectivity index (χ1v) is 6.82. The van der Waals surface area contributed by atoms with Gasteiger partial charge in [0, 0.05) is 17.7 Å².